The van der Waals surface area contributed by atoms with Crippen molar-refractivity contribution in [2.45, 2.75) is 0 Å². The third-order valence-corrected chi connectivity index (χ3v) is 1.10. The van der Waals surface area contributed by atoms with Gasteiger partial charge in [-0.3, -0.25) is 0 Å². The molecule has 0 radical (unpaired) electrons. The number of aliphatic carboxylic acids is 1. The lowest BCUT2D eigenvalue weighted by Crippen LogP contribution is -2.28. The number of hydrogen-bond acceptors (Lipinski definition) is 3. The predicted octanol–water partition coefficient (Wildman–Crippen LogP) is 0.237. The molecule has 0 aliphatic heterocycles. The molecule has 0 atom stereocenters. The van der Waals surface area contributed by atoms with Crippen LogP contribution in [0.2, 0.25) is 0 Å². The molecule has 0 aromatic heterocycles. The monoisotopic (exact) mass is 187 g/mol. The van der Waals surface area contributed by atoms with Gasteiger partial charge in [-0.25, -0.2) is 0 Å². The van der Waals surface area contributed by atoms with Gasteiger partial charge in [-0.1, -0.05) is 18.2 Å². The van der Waals surface area contributed by atoms with Crippen molar-refractivity contribution in [2.24, 2.45) is 0 Å². The zero-order chi connectivity index (χ0) is 8.10. The van der Waals surface area contributed by atoms with Gasteiger partial charge in [-0.15, -0.1) is 12.4 Å². The molecule has 66 valence electrons. The first kappa shape index (κ1) is 10.8. The standard InChI is InChI=1S/C8H8O3.ClH/c9-8(10)6-11-7-4-2-1-3-5-7;/h1-5H,6H2,(H,9,10);1H/p-1. The Hall–Kier alpha value is -1.22. The molecule has 0 fully saturated rings. The Morgan fingerprint density at radius 2 is 1.92 bits per heavy atom. The number of hydrogen-bond donors (Lipinski definition) is 0. The molecule has 0 saturated carbocycles. The Balaban J connectivity index is 0.00000121. The molecule has 0 spiro atoms. The van der Waals surface area contributed by atoms with Gasteiger partial charge < -0.3 is 14.6 Å². The lowest BCUT2D eigenvalue weighted by atomic mass is 10.3. The molecule has 4 heteroatoms. The number of rotatable bonds is 3. The fourth-order valence-electron chi connectivity index (χ4n) is 0.659. The van der Waals surface area contributed by atoms with Gasteiger partial charge in [0.25, 0.3) is 0 Å². The number of halogens is 1. The molecule has 1 rings (SSSR count). The van der Waals surface area contributed by atoms with Crippen LogP contribution in [0.25, 0.3) is 0 Å². The average Bonchev–Trinajstić information content (AvgIpc) is 2.03. The fourth-order valence-corrected chi connectivity index (χ4v) is 0.659. The summed E-state index contributed by atoms with van der Waals surface area (Å²) < 4.78 is 4.81. The van der Waals surface area contributed by atoms with Crippen LogP contribution < -0.4 is 9.84 Å². The van der Waals surface area contributed by atoms with Crippen LogP contribution in [-0.2, 0) is 4.79 Å². The summed E-state index contributed by atoms with van der Waals surface area (Å²) in [6, 6.07) is 8.73. The van der Waals surface area contributed by atoms with Gasteiger partial charge in [0, 0.05) is 0 Å². The van der Waals surface area contributed by atoms with Crippen molar-refractivity contribution in [3.05, 3.63) is 30.3 Å². The van der Waals surface area contributed by atoms with Crippen LogP contribution >= 0.6 is 12.4 Å². The van der Waals surface area contributed by atoms with E-state index in [9.17, 15) is 9.90 Å². The van der Waals surface area contributed by atoms with E-state index in [1.54, 1.807) is 24.3 Å². The van der Waals surface area contributed by atoms with E-state index in [0.717, 1.165) is 0 Å². The number of ether oxygens (including phenoxy) is 1. The lowest BCUT2D eigenvalue weighted by molar-refractivity contribution is -0.307. The average molecular weight is 188 g/mol. The topological polar surface area (TPSA) is 49.4 Å². The highest BCUT2D eigenvalue weighted by Crippen LogP contribution is 2.07. The van der Waals surface area contributed by atoms with Crippen molar-refractivity contribution in [3.63, 3.8) is 0 Å². The van der Waals surface area contributed by atoms with E-state index in [1.165, 1.54) is 0 Å². The third-order valence-electron chi connectivity index (χ3n) is 1.10. The second-order valence-electron chi connectivity index (χ2n) is 1.97. The smallest absolute Gasteiger partial charge is 0.128 e. The van der Waals surface area contributed by atoms with Gasteiger partial charge in [-0.05, 0) is 12.1 Å². The molecule has 0 amide bonds. The molecule has 0 heterocycles. The highest BCUT2D eigenvalue weighted by atomic mass is 35.5. The summed E-state index contributed by atoms with van der Waals surface area (Å²) >= 11 is 0. The van der Waals surface area contributed by atoms with Crippen LogP contribution in [0.4, 0.5) is 0 Å². The molecule has 1 aromatic rings. The largest absolute Gasteiger partial charge is 0.546 e. The molecule has 0 bridgehead atoms. The summed E-state index contributed by atoms with van der Waals surface area (Å²) in [6.07, 6.45) is 0. The molecule has 12 heavy (non-hydrogen) atoms. The molecule has 0 N–H and O–H groups in total. The number of carboxylic acid groups (broad SMARTS) is 1. The quantitative estimate of drug-likeness (QED) is 0.681. The van der Waals surface area contributed by atoms with Crippen LogP contribution in [0, 0.1) is 0 Å². The summed E-state index contributed by atoms with van der Waals surface area (Å²) in [4.78, 5) is 9.94. The highest BCUT2D eigenvalue weighted by molar-refractivity contribution is 5.85. The van der Waals surface area contributed by atoms with E-state index >= 15 is 0 Å². The van der Waals surface area contributed by atoms with Gasteiger partial charge in [0.05, 0.1) is 5.97 Å². The molecule has 0 unspecified atom stereocenters. The van der Waals surface area contributed by atoms with Gasteiger partial charge in [-0.2, -0.15) is 0 Å². The van der Waals surface area contributed by atoms with E-state index in [1.807, 2.05) is 6.07 Å². The third kappa shape index (κ3) is 3.83. The zero-order valence-electron chi connectivity index (χ0n) is 6.23. The summed E-state index contributed by atoms with van der Waals surface area (Å²) in [5.41, 5.74) is 0. The van der Waals surface area contributed by atoms with Crippen molar-refractivity contribution in [1.82, 2.24) is 0 Å². The number of para-hydroxylation sites is 1. The normalized spacial score (nSPS) is 8.33. The Morgan fingerprint density at radius 3 is 2.42 bits per heavy atom. The van der Waals surface area contributed by atoms with Gasteiger partial charge >= 0.3 is 0 Å². The summed E-state index contributed by atoms with van der Waals surface area (Å²) in [6.45, 7) is -0.399. The lowest BCUT2D eigenvalue weighted by Gasteiger charge is -2.04. The second kappa shape index (κ2) is 5.43. The van der Waals surface area contributed by atoms with Crippen molar-refractivity contribution >= 4 is 18.4 Å². The van der Waals surface area contributed by atoms with Crippen LogP contribution in [0.15, 0.2) is 30.3 Å². The number of carboxylic acids is 1. The first-order chi connectivity index (χ1) is 5.29. The Kier molecular flexibility index (Phi) is 4.88. The number of carbonyl (C=O) groups excluding carboxylic acids is 1. The summed E-state index contributed by atoms with van der Waals surface area (Å²) in [7, 11) is 0. The van der Waals surface area contributed by atoms with Crippen molar-refractivity contribution < 1.29 is 14.6 Å². The molecule has 0 saturated heterocycles. The van der Waals surface area contributed by atoms with Gasteiger partial charge in [0.2, 0.25) is 0 Å². The van der Waals surface area contributed by atoms with Crippen LogP contribution in [-0.4, -0.2) is 12.6 Å². The van der Waals surface area contributed by atoms with Crippen LogP contribution in [0.5, 0.6) is 5.75 Å². The summed E-state index contributed by atoms with van der Waals surface area (Å²) in [5, 5.41) is 9.94. The zero-order valence-corrected chi connectivity index (χ0v) is 7.04. The molecule has 0 aliphatic carbocycles. The van der Waals surface area contributed by atoms with Crippen molar-refractivity contribution in [2.75, 3.05) is 6.61 Å². The molecular formula is C8H8ClO3-. The maximum atomic E-state index is 9.94. The van der Waals surface area contributed by atoms with E-state index in [4.69, 9.17) is 4.74 Å². The Bertz CT molecular complexity index is 235. The molecule has 1 aromatic carbocycles. The van der Waals surface area contributed by atoms with E-state index in [2.05, 4.69) is 0 Å². The Morgan fingerprint density at radius 1 is 1.33 bits per heavy atom. The highest BCUT2D eigenvalue weighted by Gasteiger charge is 1.89. The first-order valence-corrected chi connectivity index (χ1v) is 3.17. The fraction of sp³-hybridized carbons (Fsp3) is 0.125. The minimum absolute atomic E-state index is 0. The molecular weight excluding hydrogens is 180 g/mol. The number of benzene rings is 1. The van der Waals surface area contributed by atoms with Gasteiger partial charge in [0.15, 0.2) is 0 Å². The van der Waals surface area contributed by atoms with Gasteiger partial charge in [0.1, 0.15) is 12.4 Å². The van der Waals surface area contributed by atoms with E-state index < -0.39 is 12.6 Å². The predicted molar refractivity (Wildman–Crippen MR) is 44.2 cm³/mol. The summed E-state index contributed by atoms with van der Waals surface area (Å²) in [5.74, 6) is -0.675. The van der Waals surface area contributed by atoms with E-state index in [0.29, 0.717) is 5.75 Å². The van der Waals surface area contributed by atoms with Crippen LogP contribution in [0.1, 0.15) is 0 Å². The maximum Gasteiger partial charge on any atom is 0.128 e. The van der Waals surface area contributed by atoms with Crippen LogP contribution in [0.3, 0.4) is 0 Å². The molecule has 0 aliphatic rings. The minimum Gasteiger partial charge on any atom is -0.546 e. The first-order valence-electron chi connectivity index (χ1n) is 3.17. The number of carbonyl (C=O) groups is 1. The SMILES string of the molecule is Cl.O=C([O-])COc1ccccc1. The minimum atomic E-state index is -1.21. The maximum absolute atomic E-state index is 9.94. The van der Waals surface area contributed by atoms with Crippen molar-refractivity contribution in [3.8, 4) is 5.75 Å². The second-order valence-corrected chi connectivity index (χ2v) is 1.97. The van der Waals surface area contributed by atoms with E-state index in [-0.39, 0.29) is 12.4 Å². The van der Waals surface area contributed by atoms with Crippen molar-refractivity contribution in [1.29, 1.82) is 0 Å². The molecule has 3 nitrogen and oxygen atoms in total. The Labute approximate surface area is 76.4 Å².